The summed E-state index contributed by atoms with van der Waals surface area (Å²) in [5.74, 6) is 1.38. The molecule has 1 aromatic rings. The summed E-state index contributed by atoms with van der Waals surface area (Å²) in [6.07, 6.45) is -0.843. The van der Waals surface area contributed by atoms with Crippen LogP contribution in [-0.4, -0.2) is 72.1 Å². The largest absolute Gasteiger partial charge is 0.369 e. The summed E-state index contributed by atoms with van der Waals surface area (Å²) in [4.78, 5) is 18.3. The number of benzene rings is 1. The molecule has 1 N–H and O–H groups in total. The highest BCUT2D eigenvalue weighted by atomic mass is 32.2. The van der Waals surface area contributed by atoms with Crippen molar-refractivity contribution in [3.05, 3.63) is 29.8 Å². The molecule has 2 aliphatic heterocycles. The summed E-state index contributed by atoms with van der Waals surface area (Å²) in [7, 11) is 2.13. The van der Waals surface area contributed by atoms with Crippen molar-refractivity contribution in [3.63, 3.8) is 0 Å². The summed E-state index contributed by atoms with van der Waals surface area (Å²) >= 11 is 1.63. The van der Waals surface area contributed by atoms with Gasteiger partial charge in [-0.05, 0) is 13.1 Å². The molecule has 2 heterocycles. The predicted octanol–water partition coefficient (Wildman–Crippen LogP) is 1.00. The van der Waals surface area contributed by atoms with Crippen molar-refractivity contribution in [2.45, 2.75) is 6.23 Å². The van der Waals surface area contributed by atoms with Crippen molar-refractivity contribution in [1.82, 2.24) is 9.80 Å². The molecule has 2 saturated heterocycles. The normalized spacial score (nSPS) is 22.0. The second-order valence-corrected chi connectivity index (χ2v) is 6.97. The molecule has 0 bridgehead atoms. The van der Waals surface area contributed by atoms with Gasteiger partial charge in [0.1, 0.15) is 0 Å². The lowest BCUT2D eigenvalue weighted by molar-refractivity contribution is -0.138. The maximum Gasteiger partial charge on any atom is 0.234 e. The van der Waals surface area contributed by atoms with Gasteiger partial charge >= 0.3 is 0 Å². The van der Waals surface area contributed by atoms with E-state index in [2.05, 4.69) is 16.8 Å². The van der Waals surface area contributed by atoms with E-state index < -0.39 is 6.23 Å². The lowest BCUT2D eigenvalue weighted by Crippen LogP contribution is -2.46. The highest BCUT2D eigenvalue weighted by Gasteiger charge is 2.28. The number of rotatable bonds is 3. The fraction of sp³-hybridized carbons (Fsp3) is 0.562. The van der Waals surface area contributed by atoms with Crippen LogP contribution < -0.4 is 4.90 Å². The third-order valence-corrected chi connectivity index (χ3v) is 5.30. The van der Waals surface area contributed by atoms with Crippen LogP contribution in [0.1, 0.15) is 11.8 Å². The Hall–Kier alpha value is -1.24. The van der Waals surface area contributed by atoms with E-state index in [-0.39, 0.29) is 5.91 Å². The van der Waals surface area contributed by atoms with E-state index in [1.165, 1.54) is 0 Å². The van der Waals surface area contributed by atoms with Gasteiger partial charge in [-0.2, -0.15) is 11.8 Å². The van der Waals surface area contributed by atoms with Gasteiger partial charge in [0.15, 0.2) is 6.23 Å². The SMILES string of the molecule is CN1CCN(c2ccccc2C(O)N2CCSCC2=O)CC1. The number of anilines is 1. The van der Waals surface area contributed by atoms with Crippen molar-refractivity contribution in [1.29, 1.82) is 0 Å². The first-order chi connectivity index (χ1) is 10.7. The van der Waals surface area contributed by atoms with Crippen LogP contribution in [0.3, 0.4) is 0 Å². The summed E-state index contributed by atoms with van der Waals surface area (Å²) in [6, 6.07) is 7.92. The van der Waals surface area contributed by atoms with Crippen LogP contribution in [0.15, 0.2) is 24.3 Å². The van der Waals surface area contributed by atoms with Crippen LogP contribution in [0.2, 0.25) is 0 Å². The summed E-state index contributed by atoms with van der Waals surface area (Å²) in [5.41, 5.74) is 1.89. The summed E-state index contributed by atoms with van der Waals surface area (Å²) in [5, 5.41) is 10.7. The number of amides is 1. The molecule has 5 nitrogen and oxygen atoms in total. The number of thioether (sulfide) groups is 1. The van der Waals surface area contributed by atoms with Crippen LogP contribution in [0.4, 0.5) is 5.69 Å². The van der Waals surface area contributed by atoms with E-state index >= 15 is 0 Å². The number of carbonyl (C=O) groups excluding carboxylic acids is 1. The maximum atomic E-state index is 12.1. The van der Waals surface area contributed by atoms with Gasteiger partial charge in [-0.25, -0.2) is 0 Å². The number of hydrogen-bond donors (Lipinski definition) is 1. The molecule has 22 heavy (non-hydrogen) atoms. The smallest absolute Gasteiger partial charge is 0.234 e. The standard InChI is InChI=1S/C16H23N3O2S/c1-17-6-8-18(9-7-17)14-5-3-2-4-13(14)16(21)19-10-11-22-12-15(19)20/h2-5,16,21H,6-12H2,1H3. The zero-order valence-corrected chi connectivity index (χ0v) is 13.8. The Morgan fingerprint density at radius 3 is 2.59 bits per heavy atom. The van der Waals surface area contributed by atoms with Crippen molar-refractivity contribution >= 4 is 23.4 Å². The van der Waals surface area contributed by atoms with Crippen molar-refractivity contribution in [2.75, 3.05) is 56.2 Å². The molecule has 0 aliphatic carbocycles. The molecule has 2 aliphatic rings. The first kappa shape index (κ1) is 15.6. The molecule has 1 amide bonds. The number of para-hydroxylation sites is 1. The Kier molecular flexibility index (Phi) is 4.90. The highest BCUT2D eigenvalue weighted by molar-refractivity contribution is 8.00. The lowest BCUT2D eigenvalue weighted by atomic mass is 10.1. The number of aliphatic hydroxyl groups excluding tert-OH is 1. The Morgan fingerprint density at radius 1 is 1.14 bits per heavy atom. The lowest BCUT2D eigenvalue weighted by Gasteiger charge is -2.37. The Balaban J connectivity index is 1.82. The van der Waals surface area contributed by atoms with Crippen LogP contribution in [0, 0.1) is 0 Å². The first-order valence-electron chi connectivity index (χ1n) is 7.74. The number of carbonyl (C=O) groups is 1. The number of nitrogens with zero attached hydrogens (tertiary/aromatic N) is 3. The Bertz CT molecular complexity index is 532. The second kappa shape index (κ2) is 6.89. The van der Waals surface area contributed by atoms with E-state index in [9.17, 15) is 9.90 Å². The van der Waals surface area contributed by atoms with Gasteiger partial charge in [0.2, 0.25) is 5.91 Å². The number of hydrogen-bond acceptors (Lipinski definition) is 5. The molecule has 1 aromatic carbocycles. The number of aliphatic hydroxyl groups is 1. The molecular formula is C16H23N3O2S. The number of likely N-dealkylation sites (N-methyl/N-ethyl adjacent to an activating group) is 1. The van der Waals surface area contributed by atoms with Gasteiger partial charge in [-0.15, -0.1) is 0 Å². The molecule has 0 aromatic heterocycles. The van der Waals surface area contributed by atoms with E-state index in [0.29, 0.717) is 12.3 Å². The Labute approximate surface area is 135 Å². The van der Waals surface area contributed by atoms with Gasteiger partial charge in [0.05, 0.1) is 5.75 Å². The van der Waals surface area contributed by atoms with Crippen LogP contribution in [0.5, 0.6) is 0 Å². The quantitative estimate of drug-likeness (QED) is 0.900. The fourth-order valence-corrected chi connectivity index (χ4v) is 3.81. The van der Waals surface area contributed by atoms with Gasteiger partial charge in [-0.3, -0.25) is 4.79 Å². The molecule has 6 heteroatoms. The van der Waals surface area contributed by atoms with Crippen molar-refractivity contribution < 1.29 is 9.90 Å². The van der Waals surface area contributed by atoms with Crippen LogP contribution in [-0.2, 0) is 4.79 Å². The highest BCUT2D eigenvalue weighted by Crippen LogP contribution is 2.31. The summed E-state index contributed by atoms with van der Waals surface area (Å²) < 4.78 is 0. The molecule has 0 radical (unpaired) electrons. The van der Waals surface area contributed by atoms with E-state index in [4.69, 9.17) is 0 Å². The van der Waals surface area contributed by atoms with Crippen molar-refractivity contribution in [2.24, 2.45) is 0 Å². The molecule has 3 rings (SSSR count). The first-order valence-corrected chi connectivity index (χ1v) is 8.90. The molecule has 1 atom stereocenters. The molecule has 2 fully saturated rings. The molecule has 0 spiro atoms. The van der Waals surface area contributed by atoms with E-state index in [0.717, 1.165) is 43.2 Å². The van der Waals surface area contributed by atoms with E-state index in [1.54, 1.807) is 16.7 Å². The van der Waals surface area contributed by atoms with Gasteiger partial charge in [0.25, 0.3) is 0 Å². The molecule has 1 unspecified atom stereocenters. The zero-order valence-electron chi connectivity index (χ0n) is 12.9. The number of piperazine rings is 1. The average Bonchev–Trinajstić information content (AvgIpc) is 2.55. The summed E-state index contributed by atoms with van der Waals surface area (Å²) in [6.45, 7) is 4.54. The second-order valence-electron chi connectivity index (χ2n) is 5.86. The Morgan fingerprint density at radius 2 is 1.86 bits per heavy atom. The third-order valence-electron chi connectivity index (χ3n) is 4.38. The zero-order chi connectivity index (χ0) is 15.5. The van der Waals surface area contributed by atoms with Crippen molar-refractivity contribution in [3.8, 4) is 0 Å². The molecule has 0 saturated carbocycles. The molecule has 120 valence electrons. The van der Waals surface area contributed by atoms with Gasteiger partial charge in [0, 0.05) is 49.7 Å². The minimum atomic E-state index is -0.843. The average molecular weight is 321 g/mol. The molecular weight excluding hydrogens is 298 g/mol. The minimum Gasteiger partial charge on any atom is -0.369 e. The predicted molar refractivity (Wildman–Crippen MR) is 90.1 cm³/mol. The fourth-order valence-electron chi connectivity index (χ4n) is 3.00. The van der Waals surface area contributed by atoms with Crippen LogP contribution in [0.25, 0.3) is 0 Å². The maximum absolute atomic E-state index is 12.1. The third kappa shape index (κ3) is 3.24. The topological polar surface area (TPSA) is 47.0 Å². The van der Waals surface area contributed by atoms with Gasteiger partial charge < -0.3 is 19.8 Å². The monoisotopic (exact) mass is 321 g/mol. The minimum absolute atomic E-state index is 0.0249. The van der Waals surface area contributed by atoms with Crippen LogP contribution >= 0.6 is 11.8 Å². The van der Waals surface area contributed by atoms with E-state index in [1.807, 2.05) is 24.3 Å². The van der Waals surface area contributed by atoms with Gasteiger partial charge in [-0.1, -0.05) is 18.2 Å².